The number of Topliss-reactive ketones (excluding diaryl/α,β-unsaturated/α-hetero) is 1. The lowest BCUT2D eigenvalue weighted by Crippen LogP contribution is -2.09. The Kier molecular flexibility index (Phi) is 4.17. The minimum absolute atomic E-state index is 0.0831. The Hall–Kier alpha value is -0.460. The summed E-state index contributed by atoms with van der Waals surface area (Å²) in [5.41, 5.74) is 0.715. The number of carbonyl (C=O) groups is 1. The van der Waals surface area contributed by atoms with E-state index in [1.54, 1.807) is 6.20 Å². The molecule has 0 radical (unpaired) electrons. The number of aromatic nitrogens is 2. The van der Waals surface area contributed by atoms with Crippen LogP contribution in [0.15, 0.2) is 26.0 Å². The molecule has 17 heavy (non-hydrogen) atoms. The first kappa shape index (κ1) is 13.0. The molecule has 0 amide bonds. The number of thiophene rings is 1. The number of nitrogens with zero attached hydrogens (tertiary/aromatic N) is 2. The predicted octanol–water partition coefficient (Wildman–Crippen LogP) is 3.91. The summed E-state index contributed by atoms with van der Waals surface area (Å²) >= 11 is 8.28. The Balaban J connectivity index is 2.20. The lowest BCUT2D eigenvalue weighted by molar-refractivity contribution is 0.0989. The highest BCUT2D eigenvalue weighted by molar-refractivity contribution is 9.12. The molecule has 2 aromatic heterocycles. The van der Waals surface area contributed by atoms with Crippen LogP contribution in [0.5, 0.6) is 0 Å². The van der Waals surface area contributed by atoms with Gasteiger partial charge >= 0.3 is 0 Å². The maximum absolute atomic E-state index is 12.1. The highest BCUT2D eigenvalue weighted by atomic mass is 79.9. The molecule has 90 valence electrons. The predicted molar refractivity (Wildman–Crippen MR) is 75.7 cm³/mol. The molecule has 6 heteroatoms. The van der Waals surface area contributed by atoms with Crippen molar-refractivity contribution in [3.05, 3.63) is 37.4 Å². The van der Waals surface area contributed by atoms with E-state index in [2.05, 4.69) is 36.8 Å². The SMILES string of the molecule is CCn1ccnc1CC(=O)c1cc(Br)sc1Br. The Morgan fingerprint density at radius 3 is 2.88 bits per heavy atom. The van der Waals surface area contributed by atoms with Gasteiger partial charge in [-0.25, -0.2) is 4.98 Å². The van der Waals surface area contributed by atoms with Crippen molar-refractivity contribution in [2.75, 3.05) is 0 Å². The highest BCUT2D eigenvalue weighted by Gasteiger charge is 2.16. The molecule has 0 aliphatic carbocycles. The van der Waals surface area contributed by atoms with E-state index in [-0.39, 0.29) is 5.78 Å². The largest absolute Gasteiger partial charge is 0.335 e. The topological polar surface area (TPSA) is 34.9 Å². The zero-order valence-corrected chi connectivity index (χ0v) is 13.1. The van der Waals surface area contributed by atoms with E-state index < -0.39 is 0 Å². The van der Waals surface area contributed by atoms with Crippen molar-refractivity contribution >= 4 is 49.0 Å². The van der Waals surface area contributed by atoms with Gasteiger partial charge in [0.15, 0.2) is 5.78 Å². The van der Waals surface area contributed by atoms with Gasteiger partial charge < -0.3 is 4.57 Å². The first-order valence-electron chi connectivity index (χ1n) is 5.10. The van der Waals surface area contributed by atoms with Crippen LogP contribution in [-0.2, 0) is 13.0 Å². The van der Waals surface area contributed by atoms with E-state index in [0.717, 1.165) is 19.9 Å². The summed E-state index contributed by atoms with van der Waals surface area (Å²) < 4.78 is 3.79. The van der Waals surface area contributed by atoms with E-state index in [4.69, 9.17) is 0 Å². The maximum Gasteiger partial charge on any atom is 0.172 e. The third-order valence-corrected chi connectivity index (χ3v) is 4.76. The molecule has 0 N–H and O–H groups in total. The minimum atomic E-state index is 0.0831. The first-order chi connectivity index (χ1) is 8.11. The van der Waals surface area contributed by atoms with Crippen LogP contribution >= 0.6 is 43.2 Å². The summed E-state index contributed by atoms with van der Waals surface area (Å²) in [6.45, 7) is 2.86. The third-order valence-electron chi connectivity index (χ3n) is 2.42. The molecule has 0 saturated carbocycles. The van der Waals surface area contributed by atoms with Crippen LogP contribution in [-0.4, -0.2) is 15.3 Å². The fourth-order valence-electron chi connectivity index (χ4n) is 1.56. The summed E-state index contributed by atoms with van der Waals surface area (Å²) in [5.74, 6) is 0.895. The Morgan fingerprint density at radius 1 is 1.53 bits per heavy atom. The Morgan fingerprint density at radius 2 is 2.29 bits per heavy atom. The lowest BCUT2D eigenvalue weighted by atomic mass is 10.1. The molecule has 0 unspecified atom stereocenters. The normalized spacial score (nSPS) is 10.8. The van der Waals surface area contributed by atoms with Gasteiger partial charge in [-0.3, -0.25) is 4.79 Å². The van der Waals surface area contributed by atoms with E-state index >= 15 is 0 Å². The average Bonchev–Trinajstić information content (AvgIpc) is 2.84. The molecule has 0 spiro atoms. The monoisotopic (exact) mass is 376 g/mol. The number of imidazole rings is 1. The minimum Gasteiger partial charge on any atom is -0.335 e. The van der Waals surface area contributed by atoms with Crippen molar-refractivity contribution in [2.45, 2.75) is 19.9 Å². The number of hydrogen-bond donors (Lipinski definition) is 0. The summed E-state index contributed by atoms with van der Waals surface area (Å²) in [6.07, 6.45) is 3.95. The summed E-state index contributed by atoms with van der Waals surface area (Å²) in [7, 11) is 0. The number of carbonyl (C=O) groups excluding carboxylic acids is 1. The third kappa shape index (κ3) is 2.86. The average molecular weight is 378 g/mol. The smallest absolute Gasteiger partial charge is 0.172 e. The summed E-state index contributed by atoms with van der Waals surface area (Å²) in [5, 5.41) is 0. The molecule has 2 rings (SSSR count). The molecular weight excluding hydrogens is 368 g/mol. The molecule has 2 aromatic rings. The van der Waals surface area contributed by atoms with Crippen LogP contribution in [0.2, 0.25) is 0 Å². The summed E-state index contributed by atoms with van der Waals surface area (Å²) in [6, 6.07) is 1.84. The molecular formula is C11H10Br2N2OS. The molecule has 2 heterocycles. The van der Waals surface area contributed by atoms with Crippen molar-refractivity contribution in [2.24, 2.45) is 0 Å². The fraction of sp³-hybridized carbons (Fsp3) is 0.273. The van der Waals surface area contributed by atoms with Crippen molar-refractivity contribution in [1.82, 2.24) is 9.55 Å². The fourth-order valence-corrected chi connectivity index (χ4v) is 4.42. The van der Waals surface area contributed by atoms with Crippen molar-refractivity contribution < 1.29 is 4.79 Å². The Bertz CT molecular complexity index is 547. The zero-order chi connectivity index (χ0) is 12.4. The van der Waals surface area contributed by atoms with Crippen LogP contribution in [0.3, 0.4) is 0 Å². The molecule has 0 aliphatic rings. The quantitative estimate of drug-likeness (QED) is 0.757. The van der Waals surface area contributed by atoms with Gasteiger partial charge in [0.25, 0.3) is 0 Å². The number of aryl methyl sites for hydroxylation is 1. The van der Waals surface area contributed by atoms with Crippen LogP contribution in [0.4, 0.5) is 0 Å². The van der Waals surface area contributed by atoms with Crippen molar-refractivity contribution in [3.8, 4) is 0 Å². The van der Waals surface area contributed by atoms with Crippen LogP contribution in [0, 0.1) is 0 Å². The van der Waals surface area contributed by atoms with Crippen LogP contribution in [0.25, 0.3) is 0 Å². The molecule has 0 aliphatic heterocycles. The second-order valence-electron chi connectivity index (χ2n) is 3.47. The molecule has 0 bridgehead atoms. The van der Waals surface area contributed by atoms with Gasteiger partial charge in [0.1, 0.15) is 5.82 Å². The highest BCUT2D eigenvalue weighted by Crippen LogP contribution is 2.32. The number of hydrogen-bond acceptors (Lipinski definition) is 3. The van der Waals surface area contributed by atoms with Crippen LogP contribution in [0.1, 0.15) is 23.1 Å². The van der Waals surface area contributed by atoms with Gasteiger partial charge in [0, 0.05) is 24.5 Å². The molecule has 0 aromatic carbocycles. The second kappa shape index (κ2) is 5.46. The van der Waals surface area contributed by atoms with E-state index in [9.17, 15) is 4.79 Å². The maximum atomic E-state index is 12.1. The van der Waals surface area contributed by atoms with Crippen LogP contribution < -0.4 is 0 Å². The zero-order valence-electron chi connectivity index (χ0n) is 9.11. The first-order valence-corrected chi connectivity index (χ1v) is 7.50. The van der Waals surface area contributed by atoms with Gasteiger partial charge in [-0.1, -0.05) is 0 Å². The standard InChI is InChI=1S/C11H10Br2N2OS/c1-2-15-4-3-14-10(15)6-8(16)7-5-9(12)17-11(7)13/h3-5H,2,6H2,1H3. The number of rotatable bonds is 4. The van der Waals surface area contributed by atoms with E-state index in [0.29, 0.717) is 12.0 Å². The summed E-state index contributed by atoms with van der Waals surface area (Å²) in [4.78, 5) is 16.3. The van der Waals surface area contributed by atoms with E-state index in [1.807, 2.05) is 23.8 Å². The Labute approximate surface area is 120 Å². The number of halogens is 2. The van der Waals surface area contributed by atoms with Gasteiger partial charge in [0.05, 0.1) is 14.0 Å². The van der Waals surface area contributed by atoms with Gasteiger partial charge in [-0.15, -0.1) is 11.3 Å². The molecule has 0 fully saturated rings. The van der Waals surface area contributed by atoms with Gasteiger partial charge in [0.2, 0.25) is 0 Å². The lowest BCUT2D eigenvalue weighted by Gasteiger charge is -2.03. The van der Waals surface area contributed by atoms with Crippen molar-refractivity contribution in [3.63, 3.8) is 0 Å². The second-order valence-corrected chi connectivity index (χ2v) is 7.22. The number of ketones is 1. The van der Waals surface area contributed by atoms with Gasteiger partial charge in [-0.2, -0.15) is 0 Å². The van der Waals surface area contributed by atoms with Crippen molar-refractivity contribution in [1.29, 1.82) is 0 Å². The van der Waals surface area contributed by atoms with E-state index in [1.165, 1.54) is 11.3 Å². The van der Waals surface area contributed by atoms with Gasteiger partial charge in [-0.05, 0) is 44.8 Å². The molecule has 3 nitrogen and oxygen atoms in total. The molecule has 0 atom stereocenters. The molecule has 0 saturated heterocycles.